The Labute approximate surface area is 96.2 Å². The molecule has 1 fully saturated rings. The van der Waals surface area contributed by atoms with Crippen molar-refractivity contribution in [1.82, 2.24) is 15.5 Å². The molecule has 0 atom stereocenters. The molecule has 1 aromatic rings. The van der Waals surface area contributed by atoms with Crippen LogP contribution >= 0.6 is 0 Å². The average molecular weight is 224 g/mol. The largest absolute Gasteiger partial charge is 0.331 e. The number of anilines is 1. The van der Waals surface area contributed by atoms with Gasteiger partial charge in [-0.25, -0.2) is 0 Å². The van der Waals surface area contributed by atoms with Crippen molar-refractivity contribution in [3.8, 4) is 0 Å². The van der Waals surface area contributed by atoms with Crippen LogP contribution in [-0.4, -0.2) is 37.3 Å². The summed E-state index contributed by atoms with van der Waals surface area (Å²) in [5.41, 5.74) is 0. The maximum atomic E-state index is 5.12. The Morgan fingerprint density at radius 3 is 2.75 bits per heavy atom. The molecule has 1 aromatic heterocycles. The highest BCUT2D eigenvalue weighted by molar-refractivity contribution is 5.20. The summed E-state index contributed by atoms with van der Waals surface area (Å²) in [4.78, 5) is 6.16. The highest BCUT2D eigenvalue weighted by Crippen LogP contribution is 2.18. The number of hydrogen-bond donors (Lipinski definition) is 1. The van der Waals surface area contributed by atoms with Gasteiger partial charge in [-0.2, -0.15) is 4.98 Å². The Kier molecular flexibility index (Phi) is 3.77. The molecule has 90 valence electrons. The molecule has 1 aliphatic rings. The summed E-state index contributed by atoms with van der Waals surface area (Å²) < 4.78 is 5.12. The maximum Gasteiger partial charge on any atom is 0.323 e. The first-order valence-corrected chi connectivity index (χ1v) is 5.96. The van der Waals surface area contributed by atoms with Crippen LogP contribution in [0.3, 0.4) is 0 Å². The fourth-order valence-electron chi connectivity index (χ4n) is 2.03. The van der Waals surface area contributed by atoms with Crippen molar-refractivity contribution >= 4 is 6.01 Å². The van der Waals surface area contributed by atoms with Crippen molar-refractivity contribution in [3.05, 3.63) is 5.82 Å². The second-order valence-electron chi connectivity index (χ2n) is 4.62. The van der Waals surface area contributed by atoms with Crippen molar-refractivity contribution in [2.24, 2.45) is 5.92 Å². The predicted molar refractivity (Wildman–Crippen MR) is 62.5 cm³/mol. The second kappa shape index (κ2) is 5.30. The average Bonchev–Trinajstić information content (AvgIpc) is 2.76. The number of nitrogens with one attached hydrogen (secondary N) is 1. The fourth-order valence-corrected chi connectivity index (χ4v) is 2.03. The third-order valence-electron chi connectivity index (χ3n) is 3.07. The highest BCUT2D eigenvalue weighted by atomic mass is 16.5. The SMILES string of the molecule is CN(C)c1nc(CCC2CCNCC2)no1. The lowest BCUT2D eigenvalue weighted by Gasteiger charge is -2.21. The number of piperidine rings is 1. The van der Waals surface area contributed by atoms with Crippen molar-refractivity contribution in [2.75, 3.05) is 32.1 Å². The van der Waals surface area contributed by atoms with Crippen LogP contribution in [0.5, 0.6) is 0 Å². The summed E-state index contributed by atoms with van der Waals surface area (Å²) in [6, 6.07) is 0.598. The Balaban J connectivity index is 1.79. The van der Waals surface area contributed by atoms with Gasteiger partial charge in [0.05, 0.1) is 0 Å². The highest BCUT2D eigenvalue weighted by Gasteiger charge is 2.14. The minimum absolute atomic E-state index is 0.598. The minimum Gasteiger partial charge on any atom is -0.331 e. The van der Waals surface area contributed by atoms with E-state index >= 15 is 0 Å². The van der Waals surface area contributed by atoms with Crippen molar-refractivity contribution in [3.63, 3.8) is 0 Å². The zero-order chi connectivity index (χ0) is 11.4. The Morgan fingerprint density at radius 2 is 2.12 bits per heavy atom. The quantitative estimate of drug-likeness (QED) is 0.829. The van der Waals surface area contributed by atoms with Gasteiger partial charge in [0.2, 0.25) is 0 Å². The van der Waals surface area contributed by atoms with Gasteiger partial charge in [0.1, 0.15) is 0 Å². The van der Waals surface area contributed by atoms with Gasteiger partial charge in [-0.1, -0.05) is 5.16 Å². The summed E-state index contributed by atoms with van der Waals surface area (Å²) in [6.07, 6.45) is 4.66. The Bertz CT molecular complexity index is 318. The van der Waals surface area contributed by atoms with E-state index in [2.05, 4.69) is 15.5 Å². The van der Waals surface area contributed by atoms with Crippen molar-refractivity contribution in [2.45, 2.75) is 25.7 Å². The number of hydrogen-bond acceptors (Lipinski definition) is 5. The summed E-state index contributed by atoms with van der Waals surface area (Å²) in [5.74, 6) is 1.66. The van der Waals surface area contributed by atoms with Gasteiger partial charge < -0.3 is 14.7 Å². The van der Waals surface area contributed by atoms with E-state index in [1.165, 1.54) is 19.3 Å². The standard InChI is InChI=1S/C11H20N4O/c1-15(2)11-13-10(14-16-11)4-3-9-5-7-12-8-6-9/h9,12H,3-8H2,1-2H3. The third kappa shape index (κ3) is 2.95. The summed E-state index contributed by atoms with van der Waals surface area (Å²) in [7, 11) is 3.81. The molecule has 0 amide bonds. The lowest BCUT2D eigenvalue weighted by molar-refractivity contribution is 0.348. The first-order chi connectivity index (χ1) is 7.75. The Morgan fingerprint density at radius 1 is 1.38 bits per heavy atom. The monoisotopic (exact) mass is 224 g/mol. The van der Waals surface area contributed by atoms with E-state index in [-0.39, 0.29) is 0 Å². The van der Waals surface area contributed by atoms with E-state index in [9.17, 15) is 0 Å². The molecule has 1 saturated heterocycles. The molecule has 0 aromatic carbocycles. The topological polar surface area (TPSA) is 54.2 Å². The van der Waals surface area contributed by atoms with Gasteiger partial charge in [-0.05, 0) is 38.3 Å². The van der Waals surface area contributed by atoms with E-state index in [0.29, 0.717) is 6.01 Å². The molecule has 16 heavy (non-hydrogen) atoms. The molecule has 0 radical (unpaired) electrons. The number of aryl methyl sites for hydroxylation is 1. The van der Waals surface area contributed by atoms with Crippen LogP contribution in [-0.2, 0) is 6.42 Å². The van der Waals surface area contributed by atoms with E-state index in [1.807, 2.05) is 19.0 Å². The molecule has 5 nitrogen and oxygen atoms in total. The minimum atomic E-state index is 0.598. The predicted octanol–water partition coefficient (Wildman–Crippen LogP) is 1.07. The molecular weight excluding hydrogens is 204 g/mol. The lowest BCUT2D eigenvalue weighted by Crippen LogP contribution is -2.27. The summed E-state index contributed by atoms with van der Waals surface area (Å²) in [6.45, 7) is 2.31. The molecule has 0 unspecified atom stereocenters. The molecular formula is C11H20N4O. The molecule has 2 heterocycles. The van der Waals surface area contributed by atoms with E-state index < -0.39 is 0 Å². The first-order valence-electron chi connectivity index (χ1n) is 5.96. The molecule has 2 rings (SSSR count). The van der Waals surface area contributed by atoms with Crippen LogP contribution in [0, 0.1) is 5.92 Å². The van der Waals surface area contributed by atoms with Crippen LogP contribution in [0.15, 0.2) is 4.52 Å². The molecule has 1 aliphatic heterocycles. The Hall–Kier alpha value is -1.10. The van der Waals surface area contributed by atoms with Crippen molar-refractivity contribution in [1.29, 1.82) is 0 Å². The third-order valence-corrected chi connectivity index (χ3v) is 3.07. The van der Waals surface area contributed by atoms with Crippen LogP contribution in [0.1, 0.15) is 25.1 Å². The normalized spacial score (nSPS) is 17.6. The first kappa shape index (κ1) is 11.4. The lowest BCUT2D eigenvalue weighted by atomic mass is 9.93. The van der Waals surface area contributed by atoms with E-state index in [0.717, 1.165) is 31.3 Å². The van der Waals surface area contributed by atoms with Gasteiger partial charge in [0.25, 0.3) is 0 Å². The number of rotatable bonds is 4. The van der Waals surface area contributed by atoms with E-state index in [1.54, 1.807) is 0 Å². The smallest absolute Gasteiger partial charge is 0.323 e. The molecule has 0 saturated carbocycles. The van der Waals surface area contributed by atoms with E-state index in [4.69, 9.17) is 4.52 Å². The number of nitrogens with zero attached hydrogens (tertiary/aromatic N) is 3. The van der Waals surface area contributed by atoms with Crippen LogP contribution in [0.2, 0.25) is 0 Å². The molecule has 0 spiro atoms. The zero-order valence-electron chi connectivity index (χ0n) is 10.1. The van der Waals surface area contributed by atoms with Crippen molar-refractivity contribution < 1.29 is 4.52 Å². The number of aromatic nitrogens is 2. The summed E-state index contributed by atoms with van der Waals surface area (Å²) in [5, 5.41) is 7.35. The van der Waals surface area contributed by atoms with Crippen LogP contribution in [0.25, 0.3) is 0 Å². The van der Waals surface area contributed by atoms with Gasteiger partial charge in [0, 0.05) is 20.5 Å². The van der Waals surface area contributed by atoms with Gasteiger partial charge >= 0.3 is 6.01 Å². The van der Waals surface area contributed by atoms with Crippen LogP contribution < -0.4 is 10.2 Å². The second-order valence-corrected chi connectivity index (χ2v) is 4.62. The zero-order valence-corrected chi connectivity index (χ0v) is 10.1. The molecule has 5 heteroatoms. The molecule has 0 bridgehead atoms. The summed E-state index contributed by atoms with van der Waals surface area (Å²) >= 11 is 0. The van der Waals surface area contributed by atoms with Gasteiger partial charge in [0.15, 0.2) is 5.82 Å². The van der Waals surface area contributed by atoms with Gasteiger partial charge in [-0.15, -0.1) is 0 Å². The van der Waals surface area contributed by atoms with Gasteiger partial charge in [-0.3, -0.25) is 0 Å². The molecule has 0 aliphatic carbocycles. The maximum absolute atomic E-state index is 5.12. The molecule has 1 N–H and O–H groups in total. The van der Waals surface area contributed by atoms with Crippen LogP contribution in [0.4, 0.5) is 6.01 Å². The fraction of sp³-hybridized carbons (Fsp3) is 0.818.